The van der Waals surface area contributed by atoms with E-state index in [1.807, 2.05) is 6.92 Å². The zero-order valence-corrected chi connectivity index (χ0v) is 8.53. The first-order chi connectivity index (χ1) is 5.99. The normalized spacial score (nSPS) is 15.8. The molecule has 4 heteroatoms. The van der Waals surface area contributed by atoms with Gasteiger partial charge in [0.1, 0.15) is 6.04 Å². The molecule has 0 spiro atoms. The number of rotatable bonds is 6. The van der Waals surface area contributed by atoms with Crippen LogP contribution in [0, 0.1) is 0 Å². The summed E-state index contributed by atoms with van der Waals surface area (Å²) in [7, 11) is 1.77. The van der Waals surface area contributed by atoms with Crippen LogP contribution in [0.5, 0.6) is 0 Å². The van der Waals surface area contributed by atoms with E-state index < -0.39 is 12.0 Å². The van der Waals surface area contributed by atoms with Crippen molar-refractivity contribution in [2.45, 2.75) is 38.8 Å². The molecule has 0 amide bonds. The van der Waals surface area contributed by atoms with Gasteiger partial charge in [0.2, 0.25) is 0 Å². The third-order valence-electron chi connectivity index (χ3n) is 2.10. The number of hydrogen-bond acceptors (Lipinski definition) is 3. The summed E-state index contributed by atoms with van der Waals surface area (Å²) < 4.78 is 0. The number of aliphatic carboxylic acids is 1. The smallest absolute Gasteiger partial charge is 0.320 e. The highest BCUT2D eigenvalue weighted by Gasteiger charge is 2.19. The Hall–Kier alpha value is -0.610. The molecule has 13 heavy (non-hydrogen) atoms. The van der Waals surface area contributed by atoms with Crippen molar-refractivity contribution >= 4 is 5.97 Å². The van der Waals surface area contributed by atoms with Crippen LogP contribution >= 0.6 is 0 Å². The molecule has 0 aliphatic carbocycles. The average Bonchev–Trinajstić information content (AvgIpc) is 2.01. The summed E-state index contributed by atoms with van der Waals surface area (Å²) in [6, 6.07) is -0.432. The molecule has 0 heterocycles. The van der Waals surface area contributed by atoms with E-state index in [0.29, 0.717) is 19.4 Å². The van der Waals surface area contributed by atoms with E-state index in [0.717, 1.165) is 0 Å². The fourth-order valence-electron chi connectivity index (χ4n) is 1.22. The maximum absolute atomic E-state index is 10.7. The van der Waals surface area contributed by atoms with Gasteiger partial charge >= 0.3 is 5.97 Å². The van der Waals surface area contributed by atoms with E-state index in [1.54, 1.807) is 18.9 Å². The Labute approximate surface area is 79.2 Å². The number of nitrogens with zero attached hydrogens (tertiary/aromatic N) is 1. The summed E-state index contributed by atoms with van der Waals surface area (Å²) in [4.78, 5) is 12.5. The summed E-state index contributed by atoms with van der Waals surface area (Å²) in [6.07, 6.45) is 0.833. The van der Waals surface area contributed by atoms with Crippen molar-refractivity contribution < 1.29 is 15.0 Å². The summed E-state index contributed by atoms with van der Waals surface area (Å²) in [5.74, 6) is -0.796. The third-order valence-corrected chi connectivity index (χ3v) is 2.10. The number of likely N-dealkylation sites (N-methyl/N-ethyl adjacent to an activating group) is 1. The molecule has 2 unspecified atom stereocenters. The van der Waals surface area contributed by atoms with Crippen molar-refractivity contribution in [3.63, 3.8) is 0 Å². The number of hydrogen-bond donors (Lipinski definition) is 2. The minimum atomic E-state index is -0.796. The summed E-state index contributed by atoms with van der Waals surface area (Å²) >= 11 is 0. The summed E-state index contributed by atoms with van der Waals surface area (Å²) in [5, 5.41) is 17.8. The minimum Gasteiger partial charge on any atom is -0.480 e. The number of carboxylic acid groups (broad SMARTS) is 1. The summed E-state index contributed by atoms with van der Waals surface area (Å²) in [5.41, 5.74) is 0. The van der Waals surface area contributed by atoms with Crippen LogP contribution in [0.2, 0.25) is 0 Å². The number of aliphatic hydroxyl groups is 1. The van der Waals surface area contributed by atoms with Gasteiger partial charge < -0.3 is 10.2 Å². The van der Waals surface area contributed by atoms with E-state index in [4.69, 9.17) is 10.2 Å². The van der Waals surface area contributed by atoms with E-state index in [1.165, 1.54) is 0 Å². The largest absolute Gasteiger partial charge is 0.480 e. The van der Waals surface area contributed by atoms with E-state index >= 15 is 0 Å². The average molecular weight is 189 g/mol. The lowest BCUT2D eigenvalue weighted by Crippen LogP contribution is -2.39. The van der Waals surface area contributed by atoms with E-state index in [-0.39, 0.29) is 6.10 Å². The highest BCUT2D eigenvalue weighted by Crippen LogP contribution is 2.03. The lowest BCUT2D eigenvalue weighted by molar-refractivity contribution is -0.143. The van der Waals surface area contributed by atoms with E-state index in [9.17, 15) is 4.79 Å². The van der Waals surface area contributed by atoms with Crippen LogP contribution in [0.3, 0.4) is 0 Å². The fraction of sp³-hybridized carbons (Fsp3) is 0.889. The predicted octanol–water partition coefficient (Wildman–Crippen LogP) is 0.552. The van der Waals surface area contributed by atoms with E-state index in [2.05, 4.69) is 0 Å². The minimum absolute atomic E-state index is 0.367. The standard InChI is InChI=1S/C9H19NO3/c1-4-8(9(12)13)10(3)6-5-7(2)11/h7-8,11H,4-6H2,1-3H3,(H,12,13). The van der Waals surface area contributed by atoms with Crippen molar-refractivity contribution in [3.8, 4) is 0 Å². The first-order valence-corrected chi connectivity index (χ1v) is 4.60. The van der Waals surface area contributed by atoms with Gasteiger partial charge in [0, 0.05) is 6.54 Å². The monoisotopic (exact) mass is 189 g/mol. The van der Waals surface area contributed by atoms with Crippen LogP contribution in [0.4, 0.5) is 0 Å². The molecule has 0 saturated carbocycles. The van der Waals surface area contributed by atoms with Crippen molar-refractivity contribution in [2.75, 3.05) is 13.6 Å². The molecule has 0 aromatic heterocycles. The molecule has 2 atom stereocenters. The Morgan fingerprint density at radius 3 is 2.38 bits per heavy atom. The molecule has 0 aromatic rings. The molecule has 0 radical (unpaired) electrons. The van der Waals surface area contributed by atoms with Crippen LogP contribution in [0.1, 0.15) is 26.7 Å². The molecule has 0 bridgehead atoms. The van der Waals surface area contributed by atoms with Crippen LogP contribution in [0.25, 0.3) is 0 Å². The second-order valence-corrected chi connectivity index (χ2v) is 3.38. The Balaban J connectivity index is 3.91. The molecule has 2 N–H and O–H groups in total. The number of carboxylic acids is 1. The second-order valence-electron chi connectivity index (χ2n) is 3.38. The van der Waals surface area contributed by atoms with Crippen LogP contribution in [0.15, 0.2) is 0 Å². The van der Waals surface area contributed by atoms with Crippen molar-refractivity contribution in [1.82, 2.24) is 4.90 Å². The van der Waals surface area contributed by atoms with Gasteiger partial charge in [-0.15, -0.1) is 0 Å². The first kappa shape index (κ1) is 12.4. The highest BCUT2D eigenvalue weighted by molar-refractivity contribution is 5.73. The lowest BCUT2D eigenvalue weighted by atomic mass is 10.2. The quantitative estimate of drug-likeness (QED) is 0.640. The van der Waals surface area contributed by atoms with Gasteiger partial charge in [0.25, 0.3) is 0 Å². The predicted molar refractivity (Wildman–Crippen MR) is 50.6 cm³/mol. The third kappa shape index (κ3) is 4.85. The molecule has 4 nitrogen and oxygen atoms in total. The van der Waals surface area contributed by atoms with Gasteiger partial charge in [-0.1, -0.05) is 6.92 Å². The fourth-order valence-corrected chi connectivity index (χ4v) is 1.22. The molecule has 0 aromatic carbocycles. The maximum atomic E-state index is 10.7. The number of carbonyl (C=O) groups is 1. The molecular formula is C9H19NO3. The zero-order valence-electron chi connectivity index (χ0n) is 8.53. The van der Waals surface area contributed by atoms with Crippen molar-refractivity contribution in [2.24, 2.45) is 0 Å². The zero-order chi connectivity index (χ0) is 10.4. The molecule has 0 fully saturated rings. The van der Waals surface area contributed by atoms with Gasteiger partial charge in [-0.2, -0.15) is 0 Å². The van der Waals surface area contributed by atoms with Crippen molar-refractivity contribution in [3.05, 3.63) is 0 Å². The van der Waals surface area contributed by atoms with Gasteiger partial charge in [-0.3, -0.25) is 9.69 Å². The topological polar surface area (TPSA) is 60.8 Å². The van der Waals surface area contributed by atoms with Crippen LogP contribution < -0.4 is 0 Å². The lowest BCUT2D eigenvalue weighted by Gasteiger charge is -2.23. The Bertz CT molecular complexity index is 159. The maximum Gasteiger partial charge on any atom is 0.320 e. The Morgan fingerprint density at radius 2 is 2.08 bits per heavy atom. The molecule has 78 valence electrons. The van der Waals surface area contributed by atoms with Gasteiger partial charge in [0.15, 0.2) is 0 Å². The van der Waals surface area contributed by atoms with Crippen LogP contribution in [-0.4, -0.2) is 46.8 Å². The summed E-state index contributed by atoms with van der Waals surface area (Å²) in [6.45, 7) is 4.16. The second kappa shape index (κ2) is 5.94. The van der Waals surface area contributed by atoms with Crippen LogP contribution in [-0.2, 0) is 4.79 Å². The van der Waals surface area contributed by atoms with Gasteiger partial charge in [-0.05, 0) is 26.8 Å². The number of aliphatic hydroxyl groups excluding tert-OH is 1. The van der Waals surface area contributed by atoms with Gasteiger partial charge in [0.05, 0.1) is 6.10 Å². The van der Waals surface area contributed by atoms with Crippen molar-refractivity contribution in [1.29, 1.82) is 0 Å². The first-order valence-electron chi connectivity index (χ1n) is 4.60. The SMILES string of the molecule is CCC(C(=O)O)N(C)CCC(C)O. The molecule has 0 aliphatic rings. The molecule has 0 saturated heterocycles. The molecule has 0 rings (SSSR count). The Morgan fingerprint density at radius 1 is 1.54 bits per heavy atom. The molecule has 0 aliphatic heterocycles. The highest BCUT2D eigenvalue weighted by atomic mass is 16.4. The van der Waals surface area contributed by atoms with Gasteiger partial charge in [-0.25, -0.2) is 0 Å². The Kier molecular flexibility index (Phi) is 5.66. The molecular weight excluding hydrogens is 170 g/mol.